The molecule has 2 atom stereocenters. The van der Waals surface area contributed by atoms with Crippen molar-refractivity contribution in [2.45, 2.75) is 45.2 Å². The molecular formula is C16H23Cl2N3S. The molecule has 0 saturated carbocycles. The average Bonchev–Trinajstić information content (AvgIpc) is 2.48. The first-order valence-corrected chi connectivity index (χ1v) is 8.89. The third kappa shape index (κ3) is 4.98. The van der Waals surface area contributed by atoms with Gasteiger partial charge < -0.3 is 10.6 Å². The molecule has 1 aromatic carbocycles. The Bertz CT molecular complexity index is 524. The number of piperidine rings is 1. The van der Waals surface area contributed by atoms with Gasteiger partial charge in [0.15, 0.2) is 5.11 Å². The van der Waals surface area contributed by atoms with Crippen molar-refractivity contribution in [3.63, 3.8) is 0 Å². The van der Waals surface area contributed by atoms with E-state index in [4.69, 9.17) is 35.4 Å². The molecule has 2 rings (SSSR count). The number of benzene rings is 1. The number of hydrogen-bond donors (Lipinski definition) is 2. The summed E-state index contributed by atoms with van der Waals surface area (Å²) in [5.41, 5.74) is 0.766. The Balaban J connectivity index is 1.82. The number of halogens is 2. The molecule has 0 radical (unpaired) electrons. The topological polar surface area (TPSA) is 27.3 Å². The van der Waals surface area contributed by atoms with Crippen molar-refractivity contribution >= 4 is 46.2 Å². The highest BCUT2D eigenvalue weighted by Gasteiger charge is 2.22. The van der Waals surface area contributed by atoms with Crippen molar-refractivity contribution in [3.05, 3.63) is 28.2 Å². The van der Waals surface area contributed by atoms with Gasteiger partial charge in [0.1, 0.15) is 0 Å². The third-order valence-corrected chi connectivity index (χ3v) is 4.95. The summed E-state index contributed by atoms with van der Waals surface area (Å²) < 4.78 is 0. The Morgan fingerprint density at radius 3 is 2.86 bits per heavy atom. The summed E-state index contributed by atoms with van der Waals surface area (Å²) in [7, 11) is 0. The van der Waals surface area contributed by atoms with Crippen LogP contribution in [0.25, 0.3) is 0 Å². The lowest BCUT2D eigenvalue weighted by atomic mass is 10.0. The van der Waals surface area contributed by atoms with E-state index in [0.717, 1.165) is 12.2 Å². The van der Waals surface area contributed by atoms with Gasteiger partial charge in [-0.1, -0.05) is 29.6 Å². The molecule has 1 aliphatic heterocycles. The minimum Gasteiger partial charge on any atom is -0.361 e. The van der Waals surface area contributed by atoms with E-state index in [0.29, 0.717) is 27.2 Å². The van der Waals surface area contributed by atoms with Crippen LogP contribution in [0.1, 0.15) is 33.1 Å². The van der Waals surface area contributed by atoms with E-state index in [9.17, 15) is 0 Å². The monoisotopic (exact) mass is 359 g/mol. The van der Waals surface area contributed by atoms with E-state index in [1.54, 1.807) is 12.1 Å². The number of thiocarbonyl (C=S) groups is 1. The number of anilines is 1. The van der Waals surface area contributed by atoms with Gasteiger partial charge in [0.2, 0.25) is 0 Å². The van der Waals surface area contributed by atoms with Gasteiger partial charge >= 0.3 is 0 Å². The van der Waals surface area contributed by atoms with Crippen LogP contribution in [0.2, 0.25) is 10.0 Å². The molecule has 122 valence electrons. The molecule has 0 aromatic heterocycles. The molecule has 0 unspecified atom stereocenters. The quantitative estimate of drug-likeness (QED) is 0.771. The van der Waals surface area contributed by atoms with E-state index in [2.05, 4.69) is 29.4 Å². The SMILES string of the molecule is C[C@H](CNC(=S)Nc1ccc(Cl)cc1Cl)N1CCCC[C@@H]1C. The molecule has 1 saturated heterocycles. The summed E-state index contributed by atoms with van der Waals surface area (Å²) >= 11 is 17.4. The maximum atomic E-state index is 6.13. The molecule has 0 spiro atoms. The highest BCUT2D eigenvalue weighted by Crippen LogP contribution is 2.25. The van der Waals surface area contributed by atoms with Crippen molar-refractivity contribution in [2.75, 3.05) is 18.4 Å². The summed E-state index contributed by atoms with van der Waals surface area (Å²) in [6.07, 6.45) is 3.91. The zero-order valence-electron chi connectivity index (χ0n) is 13.0. The van der Waals surface area contributed by atoms with Crippen LogP contribution in [0.5, 0.6) is 0 Å². The second-order valence-electron chi connectivity index (χ2n) is 5.89. The molecular weight excluding hydrogens is 337 g/mol. The Kier molecular flexibility index (Phi) is 6.75. The predicted molar refractivity (Wildman–Crippen MR) is 100 cm³/mol. The summed E-state index contributed by atoms with van der Waals surface area (Å²) in [4.78, 5) is 2.55. The normalized spacial score (nSPS) is 20.5. The van der Waals surface area contributed by atoms with E-state index in [1.807, 2.05) is 6.07 Å². The minimum absolute atomic E-state index is 0.454. The number of nitrogens with zero attached hydrogens (tertiary/aromatic N) is 1. The van der Waals surface area contributed by atoms with Crippen molar-refractivity contribution < 1.29 is 0 Å². The van der Waals surface area contributed by atoms with Crippen LogP contribution in [-0.2, 0) is 0 Å². The summed E-state index contributed by atoms with van der Waals surface area (Å²) in [6.45, 7) is 6.54. The van der Waals surface area contributed by atoms with Crippen LogP contribution in [0.3, 0.4) is 0 Å². The first-order valence-electron chi connectivity index (χ1n) is 7.73. The van der Waals surface area contributed by atoms with E-state index in [1.165, 1.54) is 25.8 Å². The molecule has 1 aliphatic rings. The van der Waals surface area contributed by atoms with E-state index < -0.39 is 0 Å². The lowest BCUT2D eigenvalue weighted by Crippen LogP contribution is -2.49. The fourth-order valence-electron chi connectivity index (χ4n) is 2.89. The molecule has 3 nitrogen and oxygen atoms in total. The van der Waals surface area contributed by atoms with E-state index in [-0.39, 0.29) is 0 Å². The second kappa shape index (κ2) is 8.34. The lowest BCUT2D eigenvalue weighted by molar-refractivity contribution is 0.116. The summed E-state index contributed by atoms with van der Waals surface area (Å²) in [6, 6.07) is 6.42. The standard InChI is InChI=1S/C16H23Cl2N3S/c1-11-5-3-4-8-21(11)12(2)10-19-16(22)20-15-7-6-13(17)9-14(15)18/h6-7,9,11-12H,3-5,8,10H2,1-2H3,(H2,19,20,22)/t11-,12+/m0/s1. The largest absolute Gasteiger partial charge is 0.361 e. The van der Waals surface area contributed by atoms with Crippen molar-refractivity contribution in [3.8, 4) is 0 Å². The van der Waals surface area contributed by atoms with E-state index >= 15 is 0 Å². The number of nitrogens with one attached hydrogen (secondary N) is 2. The molecule has 1 aromatic rings. The molecule has 1 heterocycles. The van der Waals surface area contributed by atoms with Crippen LogP contribution in [-0.4, -0.2) is 35.2 Å². The van der Waals surface area contributed by atoms with Crippen molar-refractivity contribution in [1.29, 1.82) is 0 Å². The molecule has 0 bridgehead atoms. The Hall–Kier alpha value is -0.550. The first-order chi connectivity index (χ1) is 10.5. The summed E-state index contributed by atoms with van der Waals surface area (Å²) in [5, 5.41) is 8.16. The van der Waals surface area contributed by atoms with Gasteiger partial charge in [-0.2, -0.15) is 0 Å². The molecule has 0 amide bonds. The smallest absolute Gasteiger partial charge is 0.170 e. The van der Waals surface area contributed by atoms with Crippen LogP contribution < -0.4 is 10.6 Å². The van der Waals surface area contributed by atoms with Crippen molar-refractivity contribution in [2.24, 2.45) is 0 Å². The zero-order chi connectivity index (χ0) is 16.1. The third-order valence-electron chi connectivity index (χ3n) is 4.16. The highest BCUT2D eigenvalue weighted by molar-refractivity contribution is 7.80. The van der Waals surface area contributed by atoms with Crippen LogP contribution >= 0.6 is 35.4 Å². The van der Waals surface area contributed by atoms with Gasteiger partial charge in [-0.3, -0.25) is 4.90 Å². The Labute approximate surface area is 148 Å². The number of rotatable bonds is 4. The Morgan fingerprint density at radius 2 is 2.18 bits per heavy atom. The fraction of sp³-hybridized carbons (Fsp3) is 0.562. The maximum Gasteiger partial charge on any atom is 0.170 e. The van der Waals surface area contributed by atoms with Gasteiger partial charge in [0.25, 0.3) is 0 Å². The van der Waals surface area contributed by atoms with Gasteiger partial charge in [-0.05, 0) is 63.7 Å². The lowest BCUT2D eigenvalue weighted by Gasteiger charge is -2.38. The number of likely N-dealkylation sites (tertiary alicyclic amines) is 1. The predicted octanol–water partition coefficient (Wildman–Crippen LogP) is 4.54. The first kappa shape index (κ1) is 17.8. The molecule has 6 heteroatoms. The second-order valence-corrected chi connectivity index (χ2v) is 7.14. The van der Waals surface area contributed by atoms with Crippen molar-refractivity contribution in [1.82, 2.24) is 10.2 Å². The fourth-order valence-corrected chi connectivity index (χ4v) is 3.54. The zero-order valence-corrected chi connectivity index (χ0v) is 15.4. The molecule has 0 aliphatic carbocycles. The highest BCUT2D eigenvalue weighted by atomic mass is 35.5. The number of hydrogen-bond acceptors (Lipinski definition) is 2. The van der Waals surface area contributed by atoms with Gasteiger partial charge in [0.05, 0.1) is 10.7 Å². The molecule has 1 fully saturated rings. The summed E-state index contributed by atoms with van der Waals surface area (Å²) in [5.74, 6) is 0. The minimum atomic E-state index is 0.454. The molecule has 22 heavy (non-hydrogen) atoms. The van der Waals surface area contributed by atoms with Gasteiger partial charge in [-0.15, -0.1) is 0 Å². The van der Waals surface area contributed by atoms with Gasteiger partial charge in [0, 0.05) is 23.7 Å². The van der Waals surface area contributed by atoms with Crippen LogP contribution in [0.4, 0.5) is 5.69 Å². The van der Waals surface area contributed by atoms with Crippen LogP contribution in [0, 0.1) is 0 Å². The maximum absolute atomic E-state index is 6.13. The molecule has 2 N–H and O–H groups in total. The van der Waals surface area contributed by atoms with Crippen LogP contribution in [0.15, 0.2) is 18.2 Å². The van der Waals surface area contributed by atoms with Gasteiger partial charge in [-0.25, -0.2) is 0 Å². The average molecular weight is 360 g/mol. The Morgan fingerprint density at radius 1 is 1.41 bits per heavy atom.